The predicted molar refractivity (Wildman–Crippen MR) is 126 cm³/mol. The normalized spacial score (nSPS) is 18.1. The SMILES string of the molecule is Cc1ccc(C(=O)Nc2ccc3c(N4CCC(N5CCOCC5)CC4)ncnc3c2)cc1. The highest BCUT2D eigenvalue weighted by molar-refractivity contribution is 6.05. The Bertz CT molecular complexity index is 1090. The van der Waals surface area contributed by atoms with Crippen LogP contribution in [0.2, 0.25) is 0 Å². The molecule has 5 rings (SSSR count). The van der Waals surface area contributed by atoms with Crippen LogP contribution in [-0.2, 0) is 4.74 Å². The third-order valence-electron chi connectivity index (χ3n) is 6.51. The van der Waals surface area contributed by atoms with Crippen LogP contribution in [0.5, 0.6) is 0 Å². The van der Waals surface area contributed by atoms with Gasteiger partial charge in [0.25, 0.3) is 5.91 Å². The number of rotatable bonds is 4. The van der Waals surface area contributed by atoms with Crippen molar-refractivity contribution in [2.45, 2.75) is 25.8 Å². The lowest BCUT2D eigenvalue weighted by Crippen LogP contribution is -2.49. The van der Waals surface area contributed by atoms with E-state index in [9.17, 15) is 4.79 Å². The van der Waals surface area contributed by atoms with Crippen LogP contribution in [0.25, 0.3) is 10.9 Å². The molecule has 0 saturated carbocycles. The van der Waals surface area contributed by atoms with Gasteiger partial charge in [0, 0.05) is 48.9 Å². The third kappa shape index (κ3) is 4.45. The van der Waals surface area contributed by atoms with E-state index in [0.717, 1.165) is 80.2 Å². The average molecular weight is 432 g/mol. The summed E-state index contributed by atoms with van der Waals surface area (Å²) in [4.78, 5) is 26.6. The van der Waals surface area contributed by atoms with Gasteiger partial charge >= 0.3 is 0 Å². The van der Waals surface area contributed by atoms with Crippen LogP contribution in [0.1, 0.15) is 28.8 Å². The number of ether oxygens (including phenoxy) is 1. The van der Waals surface area contributed by atoms with Gasteiger partial charge in [-0.05, 0) is 50.1 Å². The first-order chi connectivity index (χ1) is 15.7. The number of carbonyl (C=O) groups excluding carboxylic acids is 1. The maximum atomic E-state index is 12.6. The average Bonchev–Trinajstić information content (AvgIpc) is 2.84. The predicted octanol–water partition coefficient (Wildman–Crippen LogP) is 3.49. The number of fused-ring (bicyclic) bond motifs is 1. The Hall–Kier alpha value is -3.03. The van der Waals surface area contributed by atoms with Crippen LogP contribution >= 0.6 is 0 Å². The Morgan fingerprint density at radius 2 is 1.75 bits per heavy atom. The Labute approximate surface area is 188 Å². The molecule has 1 N–H and O–H groups in total. The number of nitrogens with zero attached hydrogens (tertiary/aromatic N) is 4. The molecule has 1 aromatic heterocycles. The second-order valence-corrected chi connectivity index (χ2v) is 8.62. The van der Waals surface area contributed by atoms with Crippen LogP contribution in [0.3, 0.4) is 0 Å². The zero-order chi connectivity index (χ0) is 21.9. The summed E-state index contributed by atoms with van der Waals surface area (Å²) in [5, 5.41) is 4.00. The van der Waals surface area contributed by atoms with Crippen molar-refractivity contribution in [3.8, 4) is 0 Å². The maximum absolute atomic E-state index is 12.6. The monoisotopic (exact) mass is 431 g/mol. The molecule has 2 fully saturated rings. The lowest BCUT2D eigenvalue weighted by atomic mass is 10.0. The zero-order valence-electron chi connectivity index (χ0n) is 18.5. The molecule has 7 heteroatoms. The van der Waals surface area contributed by atoms with E-state index in [4.69, 9.17) is 4.74 Å². The molecule has 2 aliphatic heterocycles. The van der Waals surface area contributed by atoms with Crippen molar-refractivity contribution >= 4 is 28.3 Å². The Kier molecular flexibility index (Phi) is 6.01. The maximum Gasteiger partial charge on any atom is 0.255 e. The van der Waals surface area contributed by atoms with E-state index in [2.05, 4.69) is 25.1 Å². The van der Waals surface area contributed by atoms with Crippen molar-refractivity contribution in [1.29, 1.82) is 0 Å². The molecule has 166 valence electrons. The third-order valence-corrected chi connectivity index (χ3v) is 6.51. The Morgan fingerprint density at radius 3 is 2.50 bits per heavy atom. The molecule has 2 saturated heterocycles. The fourth-order valence-electron chi connectivity index (χ4n) is 4.67. The summed E-state index contributed by atoms with van der Waals surface area (Å²) in [7, 11) is 0. The summed E-state index contributed by atoms with van der Waals surface area (Å²) in [6.07, 6.45) is 3.89. The number of aryl methyl sites for hydroxylation is 1. The van der Waals surface area contributed by atoms with E-state index >= 15 is 0 Å². The second-order valence-electron chi connectivity index (χ2n) is 8.62. The van der Waals surface area contributed by atoms with E-state index < -0.39 is 0 Å². The van der Waals surface area contributed by atoms with Crippen molar-refractivity contribution in [2.24, 2.45) is 0 Å². The molecule has 0 aliphatic carbocycles. The van der Waals surface area contributed by atoms with Gasteiger partial charge in [-0.1, -0.05) is 17.7 Å². The largest absolute Gasteiger partial charge is 0.379 e. The van der Waals surface area contributed by atoms with Crippen molar-refractivity contribution in [1.82, 2.24) is 14.9 Å². The molecule has 0 unspecified atom stereocenters. The Morgan fingerprint density at radius 1 is 1.00 bits per heavy atom. The standard InChI is InChI=1S/C25H29N5O2/c1-18-2-4-19(5-3-18)25(31)28-20-6-7-22-23(16-20)26-17-27-24(22)30-10-8-21(9-11-30)29-12-14-32-15-13-29/h2-7,16-17,21H,8-15H2,1H3,(H,28,31). The molecule has 1 amide bonds. The number of aromatic nitrogens is 2. The highest BCUT2D eigenvalue weighted by atomic mass is 16.5. The Balaban J connectivity index is 1.29. The van der Waals surface area contributed by atoms with Crippen molar-refractivity contribution in [3.63, 3.8) is 0 Å². The number of nitrogens with one attached hydrogen (secondary N) is 1. The van der Waals surface area contributed by atoms with Crippen molar-refractivity contribution < 1.29 is 9.53 Å². The topological polar surface area (TPSA) is 70.6 Å². The fraction of sp³-hybridized carbons (Fsp3) is 0.400. The first-order valence-electron chi connectivity index (χ1n) is 11.4. The molecular weight excluding hydrogens is 402 g/mol. The van der Waals surface area contributed by atoms with Gasteiger partial charge in [0.15, 0.2) is 0 Å². The highest BCUT2D eigenvalue weighted by Gasteiger charge is 2.27. The summed E-state index contributed by atoms with van der Waals surface area (Å²) in [6.45, 7) is 7.75. The number of benzene rings is 2. The molecule has 0 radical (unpaired) electrons. The van der Waals surface area contributed by atoms with Crippen LogP contribution in [-0.4, -0.2) is 66.2 Å². The summed E-state index contributed by atoms with van der Waals surface area (Å²) in [5.41, 5.74) is 3.35. The molecule has 0 bridgehead atoms. The molecular formula is C25H29N5O2. The minimum absolute atomic E-state index is 0.121. The number of hydrogen-bond acceptors (Lipinski definition) is 6. The van der Waals surface area contributed by atoms with Gasteiger partial charge in [-0.3, -0.25) is 9.69 Å². The lowest BCUT2D eigenvalue weighted by molar-refractivity contribution is 0.0115. The molecule has 0 spiro atoms. The molecule has 3 heterocycles. The van der Waals surface area contributed by atoms with E-state index in [1.807, 2.05) is 49.4 Å². The fourth-order valence-corrected chi connectivity index (χ4v) is 4.67. The summed E-state index contributed by atoms with van der Waals surface area (Å²) >= 11 is 0. The molecule has 7 nitrogen and oxygen atoms in total. The quantitative estimate of drug-likeness (QED) is 0.682. The highest BCUT2D eigenvalue weighted by Crippen LogP contribution is 2.29. The van der Waals surface area contributed by atoms with Gasteiger partial charge in [0.2, 0.25) is 0 Å². The molecule has 2 aliphatic rings. The second kappa shape index (κ2) is 9.22. The number of hydrogen-bond donors (Lipinski definition) is 1. The number of morpholine rings is 1. The van der Waals surface area contributed by atoms with Gasteiger partial charge in [0.1, 0.15) is 12.1 Å². The summed E-state index contributed by atoms with van der Waals surface area (Å²) in [5.74, 6) is 0.857. The van der Waals surface area contributed by atoms with Crippen LogP contribution < -0.4 is 10.2 Å². The van der Waals surface area contributed by atoms with Crippen LogP contribution in [0, 0.1) is 6.92 Å². The first kappa shape index (κ1) is 20.8. The minimum atomic E-state index is -0.121. The summed E-state index contributed by atoms with van der Waals surface area (Å²) < 4.78 is 5.50. The zero-order valence-corrected chi connectivity index (χ0v) is 18.5. The van der Waals surface area contributed by atoms with Crippen LogP contribution in [0.4, 0.5) is 11.5 Å². The molecule has 0 atom stereocenters. The van der Waals surface area contributed by atoms with E-state index in [1.54, 1.807) is 6.33 Å². The molecule has 3 aromatic rings. The first-order valence-corrected chi connectivity index (χ1v) is 11.4. The smallest absolute Gasteiger partial charge is 0.255 e. The van der Waals surface area contributed by atoms with Gasteiger partial charge in [0.05, 0.1) is 18.7 Å². The number of carbonyl (C=O) groups is 1. The van der Waals surface area contributed by atoms with E-state index in [-0.39, 0.29) is 5.91 Å². The van der Waals surface area contributed by atoms with Crippen LogP contribution in [0.15, 0.2) is 48.8 Å². The van der Waals surface area contributed by atoms with E-state index in [1.165, 1.54) is 0 Å². The van der Waals surface area contributed by atoms with Gasteiger partial charge in [-0.15, -0.1) is 0 Å². The molecule has 32 heavy (non-hydrogen) atoms. The van der Waals surface area contributed by atoms with Gasteiger partial charge in [-0.25, -0.2) is 9.97 Å². The van der Waals surface area contributed by atoms with Crippen molar-refractivity contribution in [3.05, 3.63) is 59.9 Å². The van der Waals surface area contributed by atoms with Crippen molar-refractivity contribution in [2.75, 3.05) is 49.6 Å². The van der Waals surface area contributed by atoms with E-state index in [0.29, 0.717) is 11.6 Å². The number of anilines is 2. The number of piperidine rings is 1. The summed E-state index contributed by atoms with van der Waals surface area (Å²) in [6, 6.07) is 14.1. The van der Waals surface area contributed by atoms with Gasteiger partial charge < -0.3 is 15.0 Å². The van der Waals surface area contributed by atoms with Gasteiger partial charge in [-0.2, -0.15) is 0 Å². The lowest BCUT2D eigenvalue weighted by Gasteiger charge is -2.40. The number of amides is 1. The minimum Gasteiger partial charge on any atom is -0.379 e. The molecule has 2 aromatic carbocycles.